The van der Waals surface area contributed by atoms with E-state index < -0.39 is 0 Å². The van der Waals surface area contributed by atoms with Gasteiger partial charge in [-0.15, -0.1) is 11.3 Å². The average molecular weight is 260 g/mol. The number of benzene rings is 1. The van der Waals surface area contributed by atoms with Crippen LogP contribution in [0.4, 0.5) is 0 Å². The van der Waals surface area contributed by atoms with Gasteiger partial charge in [0.2, 0.25) is 5.91 Å². The summed E-state index contributed by atoms with van der Waals surface area (Å²) in [7, 11) is 0. The van der Waals surface area contributed by atoms with Crippen LogP contribution >= 0.6 is 11.3 Å². The van der Waals surface area contributed by atoms with Crippen LogP contribution in [0.15, 0.2) is 29.8 Å². The van der Waals surface area contributed by atoms with Crippen LogP contribution in [-0.2, 0) is 17.8 Å². The first-order valence-corrected chi connectivity index (χ1v) is 6.74. The van der Waals surface area contributed by atoms with E-state index in [4.69, 9.17) is 0 Å². The second-order valence-electron chi connectivity index (χ2n) is 4.30. The molecule has 0 aliphatic carbocycles. The van der Waals surface area contributed by atoms with Crippen molar-refractivity contribution in [1.82, 2.24) is 10.3 Å². The Labute approximate surface area is 111 Å². The normalized spacial score (nSPS) is 10.3. The topological polar surface area (TPSA) is 42.0 Å². The van der Waals surface area contributed by atoms with Gasteiger partial charge in [0.15, 0.2) is 0 Å². The highest BCUT2D eigenvalue weighted by molar-refractivity contribution is 7.09. The van der Waals surface area contributed by atoms with E-state index >= 15 is 0 Å². The summed E-state index contributed by atoms with van der Waals surface area (Å²) in [6.07, 6.45) is 0.419. The molecule has 3 nitrogen and oxygen atoms in total. The molecule has 0 fully saturated rings. The molecular formula is C14H16N2OS. The molecule has 0 atom stereocenters. The number of amides is 1. The van der Waals surface area contributed by atoms with E-state index in [9.17, 15) is 4.79 Å². The Bertz CT molecular complexity index is 548. The Morgan fingerprint density at radius 2 is 2.22 bits per heavy atom. The van der Waals surface area contributed by atoms with Crippen molar-refractivity contribution < 1.29 is 4.79 Å². The molecule has 2 aromatic rings. The Balaban J connectivity index is 1.87. The highest BCUT2D eigenvalue weighted by atomic mass is 32.1. The maximum Gasteiger partial charge on any atom is 0.225 e. The lowest BCUT2D eigenvalue weighted by molar-refractivity contribution is -0.120. The number of hydrogen-bond acceptors (Lipinski definition) is 3. The summed E-state index contributed by atoms with van der Waals surface area (Å²) >= 11 is 1.53. The molecule has 0 radical (unpaired) electrons. The lowest BCUT2D eigenvalue weighted by Gasteiger charge is -2.05. The van der Waals surface area contributed by atoms with Crippen molar-refractivity contribution in [2.75, 3.05) is 0 Å². The van der Waals surface area contributed by atoms with Gasteiger partial charge >= 0.3 is 0 Å². The van der Waals surface area contributed by atoms with Crippen LogP contribution < -0.4 is 5.32 Å². The second-order valence-corrected chi connectivity index (χ2v) is 5.24. The summed E-state index contributed by atoms with van der Waals surface area (Å²) in [4.78, 5) is 17.0. The molecule has 1 N–H and O–H groups in total. The molecule has 0 saturated carbocycles. The number of thiazole rings is 1. The molecule has 1 aromatic carbocycles. The minimum atomic E-state index is 0.0452. The van der Waals surface area contributed by atoms with Crippen molar-refractivity contribution in [1.29, 1.82) is 0 Å². The van der Waals surface area contributed by atoms with E-state index in [0.29, 0.717) is 13.0 Å². The standard InChI is InChI=1S/C14H16N2OS/c1-10-4-3-5-12(6-10)8-15-14(17)7-13-11(2)16-9-18-13/h3-6,9H,7-8H2,1-2H3,(H,15,17). The molecule has 0 aliphatic rings. The average Bonchev–Trinajstić information content (AvgIpc) is 2.73. The molecule has 0 spiro atoms. The summed E-state index contributed by atoms with van der Waals surface area (Å²) in [6.45, 7) is 4.56. The molecule has 1 amide bonds. The van der Waals surface area contributed by atoms with Crippen LogP contribution in [-0.4, -0.2) is 10.9 Å². The number of rotatable bonds is 4. The van der Waals surface area contributed by atoms with Gasteiger partial charge in [-0.3, -0.25) is 4.79 Å². The third-order valence-corrected chi connectivity index (χ3v) is 3.67. The van der Waals surface area contributed by atoms with Crippen LogP contribution in [0.1, 0.15) is 21.7 Å². The molecule has 1 aromatic heterocycles. The molecule has 0 saturated heterocycles. The summed E-state index contributed by atoms with van der Waals surface area (Å²) in [5.74, 6) is 0.0452. The van der Waals surface area contributed by atoms with Gasteiger partial charge in [-0.05, 0) is 19.4 Å². The Morgan fingerprint density at radius 3 is 2.89 bits per heavy atom. The number of carbonyl (C=O) groups is 1. The zero-order valence-corrected chi connectivity index (χ0v) is 11.4. The number of aryl methyl sites for hydroxylation is 2. The number of hydrogen-bond donors (Lipinski definition) is 1. The lowest BCUT2D eigenvalue weighted by atomic mass is 10.1. The first-order valence-electron chi connectivity index (χ1n) is 5.86. The predicted molar refractivity (Wildman–Crippen MR) is 73.6 cm³/mol. The molecule has 0 unspecified atom stereocenters. The maximum absolute atomic E-state index is 11.8. The SMILES string of the molecule is Cc1cccc(CNC(=O)Cc2scnc2C)c1. The molecular weight excluding hydrogens is 244 g/mol. The van der Waals surface area contributed by atoms with Crippen molar-refractivity contribution in [3.63, 3.8) is 0 Å². The molecule has 0 aliphatic heterocycles. The van der Waals surface area contributed by atoms with Crippen molar-refractivity contribution in [3.05, 3.63) is 51.5 Å². The van der Waals surface area contributed by atoms with Gasteiger partial charge in [0.1, 0.15) is 0 Å². The van der Waals surface area contributed by atoms with E-state index in [1.165, 1.54) is 16.9 Å². The number of aromatic nitrogens is 1. The molecule has 2 rings (SSSR count). The van der Waals surface area contributed by atoms with E-state index in [2.05, 4.69) is 16.4 Å². The number of nitrogens with zero attached hydrogens (tertiary/aromatic N) is 1. The third-order valence-electron chi connectivity index (χ3n) is 2.74. The van der Waals surface area contributed by atoms with Gasteiger partial charge in [-0.1, -0.05) is 29.8 Å². The number of carbonyl (C=O) groups excluding carboxylic acids is 1. The third kappa shape index (κ3) is 3.40. The van der Waals surface area contributed by atoms with Gasteiger partial charge in [0.25, 0.3) is 0 Å². The summed E-state index contributed by atoms with van der Waals surface area (Å²) in [5, 5.41) is 2.93. The largest absolute Gasteiger partial charge is 0.352 e. The Morgan fingerprint density at radius 1 is 1.39 bits per heavy atom. The molecule has 94 valence electrons. The monoisotopic (exact) mass is 260 g/mol. The van der Waals surface area contributed by atoms with Crippen LogP contribution in [0.2, 0.25) is 0 Å². The van der Waals surface area contributed by atoms with E-state index in [0.717, 1.165) is 16.1 Å². The smallest absolute Gasteiger partial charge is 0.225 e. The zero-order chi connectivity index (χ0) is 13.0. The summed E-state index contributed by atoms with van der Waals surface area (Å²) in [6, 6.07) is 8.15. The van der Waals surface area contributed by atoms with Crippen molar-refractivity contribution >= 4 is 17.2 Å². The van der Waals surface area contributed by atoms with E-state index in [1.54, 1.807) is 5.51 Å². The zero-order valence-electron chi connectivity index (χ0n) is 10.6. The van der Waals surface area contributed by atoms with Crippen molar-refractivity contribution in [2.45, 2.75) is 26.8 Å². The van der Waals surface area contributed by atoms with E-state index in [1.807, 2.05) is 32.0 Å². The summed E-state index contributed by atoms with van der Waals surface area (Å²) < 4.78 is 0. The number of nitrogens with one attached hydrogen (secondary N) is 1. The molecule has 1 heterocycles. The van der Waals surface area contributed by atoms with Gasteiger partial charge in [0, 0.05) is 11.4 Å². The Hall–Kier alpha value is -1.68. The highest BCUT2D eigenvalue weighted by Crippen LogP contribution is 2.12. The second kappa shape index (κ2) is 5.78. The van der Waals surface area contributed by atoms with Crippen LogP contribution in [0, 0.1) is 13.8 Å². The predicted octanol–water partition coefficient (Wildman–Crippen LogP) is 2.62. The van der Waals surface area contributed by atoms with Gasteiger partial charge in [-0.25, -0.2) is 4.98 Å². The lowest BCUT2D eigenvalue weighted by Crippen LogP contribution is -2.24. The van der Waals surface area contributed by atoms with Crippen LogP contribution in [0.25, 0.3) is 0 Å². The quantitative estimate of drug-likeness (QED) is 0.918. The highest BCUT2D eigenvalue weighted by Gasteiger charge is 2.07. The Kier molecular flexibility index (Phi) is 4.10. The molecule has 4 heteroatoms. The minimum Gasteiger partial charge on any atom is -0.352 e. The first-order chi connectivity index (χ1) is 8.65. The molecule has 18 heavy (non-hydrogen) atoms. The van der Waals surface area contributed by atoms with Gasteiger partial charge in [0.05, 0.1) is 17.6 Å². The minimum absolute atomic E-state index is 0.0452. The van der Waals surface area contributed by atoms with Crippen molar-refractivity contribution in [2.24, 2.45) is 0 Å². The first kappa shape index (κ1) is 12.8. The van der Waals surface area contributed by atoms with Crippen LogP contribution in [0.5, 0.6) is 0 Å². The van der Waals surface area contributed by atoms with Crippen molar-refractivity contribution in [3.8, 4) is 0 Å². The van der Waals surface area contributed by atoms with Gasteiger partial charge < -0.3 is 5.32 Å². The van der Waals surface area contributed by atoms with Crippen LogP contribution in [0.3, 0.4) is 0 Å². The summed E-state index contributed by atoms with van der Waals surface area (Å²) in [5.41, 5.74) is 5.06. The van der Waals surface area contributed by atoms with Gasteiger partial charge in [-0.2, -0.15) is 0 Å². The maximum atomic E-state index is 11.8. The fourth-order valence-corrected chi connectivity index (χ4v) is 2.50. The fourth-order valence-electron chi connectivity index (χ4n) is 1.73. The molecule has 0 bridgehead atoms. The fraction of sp³-hybridized carbons (Fsp3) is 0.286. The van der Waals surface area contributed by atoms with E-state index in [-0.39, 0.29) is 5.91 Å².